The third-order valence-electron chi connectivity index (χ3n) is 2.82. The summed E-state index contributed by atoms with van der Waals surface area (Å²) in [6.07, 6.45) is 0. The van der Waals surface area contributed by atoms with Gasteiger partial charge in [-0.1, -0.05) is 41.4 Å². The van der Waals surface area contributed by atoms with Crippen molar-refractivity contribution in [3.8, 4) is 0 Å². The van der Waals surface area contributed by atoms with Crippen molar-refractivity contribution in [2.45, 2.75) is 0 Å². The van der Waals surface area contributed by atoms with Crippen LogP contribution in [0.2, 0.25) is 10.0 Å². The lowest BCUT2D eigenvalue weighted by atomic mass is 10.2. The lowest BCUT2D eigenvalue weighted by Crippen LogP contribution is -2.13. The highest BCUT2D eigenvalue weighted by Gasteiger charge is 2.14. The molecule has 100 valence electrons. The Labute approximate surface area is 124 Å². The lowest BCUT2D eigenvalue weighted by Gasteiger charge is -2.05. The van der Waals surface area contributed by atoms with Gasteiger partial charge in [0.05, 0.1) is 26.6 Å². The summed E-state index contributed by atoms with van der Waals surface area (Å²) >= 11 is 11.9. The van der Waals surface area contributed by atoms with E-state index in [9.17, 15) is 4.79 Å². The average Bonchev–Trinajstić information content (AvgIpc) is 2.83. The van der Waals surface area contributed by atoms with Crippen molar-refractivity contribution >= 4 is 46.1 Å². The number of carbonyl (C=O) groups excluding carboxylic acids is 1. The summed E-state index contributed by atoms with van der Waals surface area (Å²) < 4.78 is 0. The SMILES string of the molecule is O=C(Nc1nc2ccccc2[nH]1)c1cccc(Cl)c1Cl. The predicted octanol–water partition coefficient (Wildman–Crippen LogP) is 4.12. The fourth-order valence-electron chi connectivity index (χ4n) is 1.87. The van der Waals surface area contributed by atoms with Crippen LogP contribution in [0.15, 0.2) is 42.5 Å². The number of aromatic nitrogens is 2. The Hall–Kier alpha value is -2.04. The number of rotatable bonds is 2. The zero-order chi connectivity index (χ0) is 14.1. The van der Waals surface area contributed by atoms with E-state index in [1.807, 2.05) is 24.3 Å². The number of benzene rings is 2. The Bertz CT molecular complexity index is 765. The molecule has 2 N–H and O–H groups in total. The minimum Gasteiger partial charge on any atom is -0.324 e. The normalized spacial score (nSPS) is 10.7. The maximum absolute atomic E-state index is 12.1. The number of H-pyrrole nitrogens is 1. The van der Waals surface area contributed by atoms with Gasteiger partial charge in [-0.2, -0.15) is 0 Å². The lowest BCUT2D eigenvalue weighted by molar-refractivity contribution is 0.102. The van der Waals surface area contributed by atoms with Gasteiger partial charge >= 0.3 is 0 Å². The van der Waals surface area contributed by atoms with E-state index in [4.69, 9.17) is 23.2 Å². The molecule has 1 amide bonds. The van der Waals surface area contributed by atoms with Gasteiger partial charge in [-0.15, -0.1) is 0 Å². The number of para-hydroxylation sites is 2. The second kappa shape index (κ2) is 5.15. The first-order chi connectivity index (χ1) is 9.65. The van der Waals surface area contributed by atoms with Crippen molar-refractivity contribution in [2.75, 3.05) is 5.32 Å². The second-order valence-corrected chi connectivity index (χ2v) is 4.94. The van der Waals surface area contributed by atoms with Gasteiger partial charge in [-0.3, -0.25) is 10.1 Å². The number of nitrogens with zero attached hydrogens (tertiary/aromatic N) is 1. The van der Waals surface area contributed by atoms with Crippen LogP contribution in [-0.2, 0) is 0 Å². The number of carbonyl (C=O) groups is 1. The van der Waals surface area contributed by atoms with Gasteiger partial charge in [-0.25, -0.2) is 4.98 Å². The molecule has 1 heterocycles. The molecule has 20 heavy (non-hydrogen) atoms. The number of aromatic amines is 1. The van der Waals surface area contributed by atoms with E-state index in [2.05, 4.69) is 15.3 Å². The van der Waals surface area contributed by atoms with Crippen LogP contribution >= 0.6 is 23.2 Å². The van der Waals surface area contributed by atoms with Gasteiger partial charge in [0.2, 0.25) is 5.95 Å². The van der Waals surface area contributed by atoms with Crippen LogP contribution in [0, 0.1) is 0 Å². The Morgan fingerprint density at radius 3 is 2.70 bits per heavy atom. The van der Waals surface area contributed by atoms with E-state index in [1.54, 1.807) is 18.2 Å². The quantitative estimate of drug-likeness (QED) is 0.748. The van der Waals surface area contributed by atoms with Crippen molar-refractivity contribution in [1.29, 1.82) is 0 Å². The van der Waals surface area contributed by atoms with Crippen LogP contribution in [0.3, 0.4) is 0 Å². The maximum atomic E-state index is 12.1. The first kappa shape index (κ1) is 13.0. The molecule has 0 saturated heterocycles. The number of amides is 1. The Balaban J connectivity index is 1.90. The molecule has 0 spiro atoms. The van der Waals surface area contributed by atoms with Crippen molar-refractivity contribution in [1.82, 2.24) is 9.97 Å². The standard InChI is InChI=1S/C14H9Cl2N3O/c15-9-5-3-4-8(12(9)16)13(20)19-14-17-10-6-1-2-7-11(10)18-14/h1-7H,(H2,17,18,19,20). The molecule has 0 aliphatic heterocycles. The highest BCUT2D eigenvalue weighted by molar-refractivity contribution is 6.44. The van der Waals surface area contributed by atoms with E-state index in [0.29, 0.717) is 16.5 Å². The minimum atomic E-state index is -0.364. The molecule has 1 aromatic heterocycles. The van der Waals surface area contributed by atoms with Crippen molar-refractivity contribution in [2.24, 2.45) is 0 Å². The van der Waals surface area contributed by atoms with E-state index in [-0.39, 0.29) is 10.9 Å². The number of fused-ring (bicyclic) bond motifs is 1. The van der Waals surface area contributed by atoms with Crippen LogP contribution in [-0.4, -0.2) is 15.9 Å². The average molecular weight is 306 g/mol. The van der Waals surface area contributed by atoms with Crippen LogP contribution in [0.1, 0.15) is 10.4 Å². The fraction of sp³-hybridized carbons (Fsp3) is 0. The van der Waals surface area contributed by atoms with Gasteiger partial charge in [0, 0.05) is 0 Å². The maximum Gasteiger partial charge on any atom is 0.259 e. The monoisotopic (exact) mass is 305 g/mol. The molecule has 0 aliphatic rings. The van der Waals surface area contributed by atoms with Crippen LogP contribution in [0.25, 0.3) is 11.0 Å². The van der Waals surface area contributed by atoms with E-state index >= 15 is 0 Å². The third kappa shape index (κ3) is 2.35. The van der Waals surface area contributed by atoms with Crippen LogP contribution in [0.4, 0.5) is 5.95 Å². The molecule has 0 saturated carbocycles. The molecule has 2 aromatic carbocycles. The highest BCUT2D eigenvalue weighted by Crippen LogP contribution is 2.26. The minimum absolute atomic E-state index is 0.225. The summed E-state index contributed by atoms with van der Waals surface area (Å²) in [5.74, 6) is 0.00352. The molecular formula is C14H9Cl2N3O. The first-order valence-corrected chi connectivity index (χ1v) is 6.61. The van der Waals surface area contributed by atoms with Crippen molar-refractivity contribution in [3.63, 3.8) is 0 Å². The number of anilines is 1. The highest BCUT2D eigenvalue weighted by atomic mass is 35.5. The summed E-state index contributed by atoms with van der Waals surface area (Å²) in [6, 6.07) is 12.4. The van der Waals surface area contributed by atoms with Crippen molar-refractivity contribution in [3.05, 3.63) is 58.1 Å². The molecule has 0 unspecified atom stereocenters. The number of imidazole rings is 1. The van der Waals surface area contributed by atoms with Gasteiger partial charge in [0.15, 0.2) is 0 Å². The number of hydrogen-bond acceptors (Lipinski definition) is 2. The summed E-state index contributed by atoms with van der Waals surface area (Å²) in [5.41, 5.74) is 1.93. The third-order valence-corrected chi connectivity index (χ3v) is 3.64. The zero-order valence-corrected chi connectivity index (χ0v) is 11.7. The Kier molecular flexibility index (Phi) is 3.34. The van der Waals surface area contributed by atoms with Gasteiger partial charge in [0.25, 0.3) is 5.91 Å². The molecular weight excluding hydrogens is 297 g/mol. The van der Waals surface area contributed by atoms with Gasteiger partial charge in [0.1, 0.15) is 0 Å². The molecule has 3 aromatic rings. The summed E-state index contributed by atoms with van der Waals surface area (Å²) in [6.45, 7) is 0. The van der Waals surface area contributed by atoms with E-state index in [0.717, 1.165) is 11.0 Å². The van der Waals surface area contributed by atoms with Crippen LogP contribution in [0.5, 0.6) is 0 Å². The number of hydrogen-bond donors (Lipinski definition) is 2. The zero-order valence-electron chi connectivity index (χ0n) is 10.2. The van der Waals surface area contributed by atoms with Crippen LogP contribution < -0.4 is 5.32 Å². The fourth-order valence-corrected chi connectivity index (χ4v) is 2.25. The van der Waals surface area contributed by atoms with Crippen molar-refractivity contribution < 1.29 is 4.79 Å². The number of nitrogens with one attached hydrogen (secondary N) is 2. The molecule has 3 rings (SSSR count). The molecule has 0 aliphatic carbocycles. The molecule has 0 radical (unpaired) electrons. The topological polar surface area (TPSA) is 57.8 Å². The van der Waals surface area contributed by atoms with Gasteiger partial charge in [-0.05, 0) is 24.3 Å². The predicted molar refractivity (Wildman–Crippen MR) is 80.5 cm³/mol. The second-order valence-electron chi connectivity index (χ2n) is 4.16. The largest absolute Gasteiger partial charge is 0.324 e. The van der Waals surface area contributed by atoms with E-state index in [1.165, 1.54) is 0 Å². The molecule has 4 nitrogen and oxygen atoms in total. The first-order valence-electron chi connectivity index (χ1n) is 5.85. The Morgan fingerprint density at radius 1 is 1.10 bits per heavy atom. The van der Waals surface area contributed by atoms with E-state index < -0.39 is 0 Å². The van der Waals surface area contributed by atoms with Gasteiger partial charge < -0.3 is 4.98 Å². The summed E-state index contributed by atoms with van der Waals surface area (Å²) in [7, 11) is 0. The molecule has 0 atom stereocenters. The summed E-state index contributed by atoms with van der Waals surface area (Å²) in [5, 5.41) is 3.23. The number of halogens is 2. The molecule has 6 heteroatoms. The molecule has 0 fully saturated rings. The smallest absolute Gasteiger partial charge is 0.259 e. The Morgan fingerprint density at radius 2 is 1.90 bits per heavy atom. The molecule has 0 bridgehead atoms. The summed E-state index contributed by atoms with van der Waals surface area (Å²) in [4.78, 5) is 19.4.